The third-order valence-corrected chi connectivity index (χ3v) is 4.28. The third kappa shape index (κ3) is 3.59. The number of aromatic nitrogens is 5. The Balaban J connectivity index is 1.46. The predicted molar refractivity (Wildman–Crippen MR) is 99.0 cm³/mol. The van der Waals surface area contributed by atoms with Gasteiger partial charge in [-0.2, -0.15) is 4.39 Å². The van der Waals surface area contributed by atoms with Crippen molar-refractivity contribution in [2.24, 2.45) is 0 Å². The fourth-order valence-electron chi connectivity index (χ4n) is 2.86. The summed E-state index contributed by atoms with van der Waals surface area (Å²) in [6.07, 6.45) is 6.78. The van der Waals surface area contributed by atoms with Crippen molar-refractivity contribution >= 4 is 16.9 Å². The molecule has 0 amide bonds. The first-order valence-electron chi connectivity index (χ1n) is 8.47. The number of halogens is 2. The van der Waals surface area contributed by atoms with Gasteiger partial charge in [0.05, 0.1) is 7.11 Å². The van der Waals surface area contributed by atoms with E-state index in [1.807, 2.05) is 0 Å². The second-order valence-electron chi connectivity index (χ2n) is 6.11. The summed E-state index contributed by atoms with van der Waals surface area (Å²) >= 11 is 0. The zero-order valence-electron chi connectivity index (χ0n) is 14.9. The molecule has 0 unspecified atom stereocenters. The zero-order chi connectivity index (χ0) is 19.5. The van der Waals surface area contributed by atoms with E-state index in [2.05, 4.69) is 30.2 Å². The van der Waals surface area contributed by atoms with Gasteiger partial charge in [-0.1, -0.05) is 6.07 Å². The Morgan fingerprint density at radius 3 is 2.82 bits per heavy atom. The van der Waals surface area contributed by atoms with Gasteiger partial charge in [0.2, 0.25) is 11.8 Å². The standard InChI is InChI=1S/C19H16F2N6O/c1-28-19-15(20)4-11(7-25-19)6-23-16-3-2-12(17(21)27-16)5-13-8-24-18-14(13)9-22-10-26-18/h2-4,7-10H,5-6H2,1H3,(H,23,27)(H,22,24,26). The maximum Gasteiger partial charge on any atom is 0.250 e. The molecule has 4 rings (SSSR count). The molecule has 4 aromatic heterocycles. The minimum Gasteiger partial charge on any atom is -0.479 e. The number of nitrogens with one attached hydrogen (secondary N) is 2. The number of H-pyrrole nitrogens is 1. The highest BCUT2D eigenvalue weighted by molar-refractivity contribution is 5.78. The summed E-state index contributed by atoms with van der Waals surface area (Å²) in [4.78, 5) is 19.0. The van der Waals surface area contributed by atoms with E-state index < -0.39 is 11.8 Å². The maximum absolute atomic E-state index is 14.4. The van der Waals surface area contributed by atoms with Crippen LogP contribution in [0.3, 0.4) is 0 Å². The van der Waals surface area contributed by atoms with Crippen molar-refractivity contribution in [3.8, 4) is 5.88 Å². The fourth-order valence-corrected chi connectivity index (χ4v) is 2.86. The summed E-state index contributed by atoms with van der Waals surface area (Å²) < 4.78 is 32.9. The van der Waals surface area contributed by atoms with E-state index in [0.717, 1.165) is 10.9 Å². The molecule has 0 fully saturated rings. The first-order valence-corrected chi connectivity index (χ1v) is 8.47. The molecule has 0 aromatic carbocycles. The number of anilines is 1. The molecule has 2 N–H and O–H groups in total. The van der Waals surface area contributed by atoms with Crippen molar-refractivity contribution in [2.45, 2.75) is 13.0 Å². The molecule has 9 heteroatoms. The van der Waals surface area contributed by atoms with Gasteiger partial charge < -0.3 is 15.0 Å². The second-order valence-corrected chi connectivity index (χ2v) is 6.11. The second kappa shape index (κ2) is 7.55. The normalized spacial score (nSPS) is 11.0. The summed E-state index contributed by atoms with van der Waals surface area (Å²) in [5.74, 6) is -0.853. The molecule has 142 valence electrons. The van der Waals surface area contributed by atoms with Crippen molar-refractivity contribution in [1.29, 1.82) is 0 Å². The van der Waals surface area contributed by atoms with Crippen LogP contribution in [0.25, 0.3) is 11.0 Å². The minimum absolute atomic E-state index is 0.0695. The fraction of sp³-hybridized carbons (Fsp3) is 0.158. The Hall–Kier alpha value is -3.62. The van der Waals surface area contributed by atoms with Crippen LogP contribution < -0.4 is 10.1 Å². The van der Waals surface area contributed by atoms with Crippen LogP contribution >= 0.6 is 0 Å². The van der Waals surface area contributed by atoms with Crippen LogP contribution in [-0.2, 0) is 13.0 Å². The van der Waals surface area contributed by atoms with E-state index in [1.54, 1.807) is 24.5 Å². The average molecular weight is 382 g/mol. The van der Waals surface area contributed by atoms with E-state index in [-0.39, 0.29) is 12.4 Å². The van der Waals surface area contributed by atoms with Gasteiger partial charge in [0.1, 0.15) is 17.8 Å². The van der Waals surface area contributed by atoms with Gasteiger partial charge >= 0.3 is 0 Å². The van der Waals surface area contributed by atoms with Crippen molar-refractivity contribution in [2.75, 3.05) is 12.4 Å². The number of nitrogens with zero attached hydrogens (tertiary/aromatic N) is 4. The molecule has 0 aliphatic rings. The van der Waals surface area contributed by atoms with E-state index in [9.17, 15) is 8.78 Å². The van der Waals surface area contributed by atoms with Crippen LogP contribution in [0.15, 0.2) is 43.1 Å². The molecule has 0 radical (unpaired) electrons. The summed E-state index contributed by atoms with van der Waals surface area (Å²) in [7, 11) is 1.35. The molecule has 0 aliphatic heterocycles. The lowest BCUT2D eigenvalue weighted by Gasteiger charge is -2.09. The molecular formula is C19H16F2N6O. The summed E-state index contributed by atoms with van der Waals surface area (Å²) in [6, 6.07) is 4.65. The average Bonchev–Trinajstić information content (AvgIpc) is 3.11. The number of methoxy groups -OCH3 is 1. The Bertz CT molecular complexity index is 1130. The van der Waals surface area contributed by atoms with Crippen LogP contribution in [0, 0.1) is 11.8 Å². The van der Waals surface area contributed by atoms with Crippen molar-refractivity contribution in [3.63, 3.8) is 0 Å². The molecule has 0 atom stereocenters. The van der Waals surface area contributed by atoms with E-state index in [0.29, 0.717) is 29.0 Å². The van der Waals surface area contributed by atoms with Crippen molar-refractivity contribution in [3.05, 3.63) is 71.6 Å². The topological polar surface area (TPSA) is 88.6 Å². The molecule has 0 aliphatic carbocycles. The van der Waals surface area contributed by atoms with Crippen LogP contribution in [0.4, 0.5) is 14.6 Å². The van der Waals surface area contributed by atoms with Crippen LogP contribution in [0.1, 0.15) is 16.7 Å². The lowest BCUT2D eigenvalue weighted by atomic mass is 10.1. The van der Waals surface area contributed by atoms with E-state index in [1.165, 1.54) is 25.7 Å². The SMILES string of the molecule is COc1ncc(CNc2ccc(Cc3c[nH]c4ncncc34)c(F)n2)cc1F. The molecule has 4 aromatic rings. The highest BCUT2D eigenvalue weighted by atomic mass is 19.1. The summed E-state index contributed by atoms with van der Waals surface area (Å²) in [6.45, 7) is 0.249. The lowest BCUT2D eigenvalue weighted by Crippen LogP contribution is -2.05. The largest absolute Gasteiger partial charge is 0.479 e. The Kier molecular flexibility index (Phi) is 4.79. The minimum atomic E-state index is -0.574. The summed E-state index contributed by atoms with van der Waals surface area (Å²) in [5, 5.41) is 3.80. The number of hydrogen-bond acceptors (Lipinski definition) is 6. The van der Waals surface area contributed by atoms with Crippen molar-refractivity contribution < 1.29 is 13.5 Å². The van der Waals surface area contributed by atoms with Crippen LogP contribution in [0.5, 0.6) is 5.88 Å². The number of pyridine rings is 2. The molecule has 28 heavy (non-hydrogen) atoms. The Morgan fingerprint density at radius 2 is 2.04 bits per heavy atom. The predicted octanol–water partition coefficient (Wildman–Crippen LogP) is 3.24. The Morgan fingerprint density at radius 1 is 1.14 bits per heavy atom. The molecular weight excluding hydrogens is 366 g/mol. The van der Waals surface area contributed by atoms with Gasteiger partial charge in [-0.15, -0.1) is 0 Å². The first-order chi connectivity index (χ1) is 13.6. The van der Waals surface area contributed by atoms with Gasteiger partial charge in [-0.25, -0.2) is 24.3 Å². The van der Waals surface area contributed by atoms with Crippen molar-refractivity contribution in [1.82, 2.24) is 24.9 Å². The number of aromatic amines is 1. The number of ether oxygens (including phenoxy) is 1. The van der Waals surface area contributed by atoms with Gasteiger partial charge in [-0.05, 0) is 23.3 Å². The monoisotopic (exact) mass is 382 g/mol. The molecule has 0 spiro atoms. The molecule has 0 saturated carbocycles. The quantitative estimate of drug-likeness (QED) is 0.498. The summed E-state index contributed by atoms with van der Waals surface area (Å²) in [5.41, 5.74) is 2.63. The number of hydrogen-bond donors (Lipinski definition) is 2. The van der Waals surface area contributed by atoms with Gasteiger partial charge in [0.15, 0.2) is 5.82 Å². The molecule has 0 saturated heterocycles. The highest BCUT2D eigenvalue weighted by Gasteiger charge is 2.11. The van der Waals surface area contributed by atoms with E-state index >= 15 is 0 Å². The third-order valence-electron chi connectivity index (χ3n) is 4.28. The molecule has 4 heterocycles. The highest BCUT2D eigenvalue weighted by Crippen LogP contribution is 2.21. The molecule has 7 nitrogen and oxygen atoms in total. The number of rotatable bonds is 6. The number of fused-ring (bicyclic) bond motifs is 1. The van der Waals surface area contributed by atoms with E-state index in [4.69, 9.17) is 4.74 Å². The van der Waals surface area contributed by atoms with Gasteiger partial charge in [-0.3, -0.25) is 0 Å². The van der Waals surface area contributed by atoms with Gasteiger partial charge in [0.25, 0.3) is 0 Å². The Labute approximate surface area is 158 Å². The lowest BCUT2D eigenvalue weighted by molar-refractivity contribution is 0.368. The molecule has 0 bridgehead atoms. The maximum atomic E-state index is 14.4. The zero-order valence-corrected chi connectivity index (χ0v) is 14.9. The van der Waals surface area contributed by atoms with Gasteiger partial charge in [0, 0.05) is 42.5 Å². The smallest absolute Gasteiger partial charge is 0.250 e. The van der Waals surface area contributed by atoms with Crippen LogP contribution in [0.2, 0.25) is 0 Å². The first kappa shape index (κ1) is 17.8. The van der Waals surface area contributed by atoms with Crippen LogP contribution in [-0.4, -0.2) is 32.0 Å².